The minimum absolute atomic E-state index is 0.0450. The second-order valence-electron chi connectivity index (χ2n) is 6.25. The molecule has 0 aliphatic rings. The van der Waals surface area contributed by atoms with Crippen LogP contribution in [0.2, 0.25) is 0 Å². The van der Waals surface area contributed by atoms with Crippen LogP contribution < -0.4 is 10.6 Å². The average molecular weight is 354 g/mol. The van der Waals surface area contributed by atoms with Gasteiger partial charge in [-0.15, -0.1) is 0 Å². The first-order valence-corrected chi connectivity index (χ1v) is 8.28. The van der Waals surface area contributed by atoms with Crippen molar-refractivity contribution in [1.29, 1.82) is 0 Å². The van der Waals surface area contributed by atoms with Crippen LogP contribution in [-0.4, -0.2) is 24.9 Å². The highest BCUT2D eigenvalue weighted by Gasteiger charge is 2.11. The SMILES string of the molecule is COC(=O)c1cccc(C(=O)Nc2ccc(NC(=O)CC(C)C)cc2)c1. The van der Waals surface area contributed by atoms with Crippen molar-refractivity contribution >= 4 is 29.2 Å². The Bertz CT molecular complexity index is 798. The first-order chi connectivity index (χ1) is 12.4. The number of nitrogens with one attached hydrogen (secondary N) is 2. The van der Waals surface area contributed by atoms with E-state index in [9.17, 15) is 14.4 Å². The zero-order valence-electron chi connectivity index (χ0n) is 15.0. The summed E-state index contributed by atoms with van der Waals surface area (Å²) >= 11 is 0. The van der Waals surface area contributed by atoms with Crippen LogP contribution in [0.3, 0.4) is 0 Å². The molecule has 0 radical (unpaired) electrons. The first kappa shape index (κ1) is 19.2. The zero-order chi connectivity index (χ0) is 19.1. The van der Waals surface area contributed by atoms with E-state index in [1.54, 1.807) is 42.5 Å². The summed E-state index contributed by atoms with van der Waals surface area (Å²) in [5.41, 5.74) is 1.91. The Hall–Kier alpha value is -3.15. The monoisotopic (exact) mass is 354 g/mol. The lowest BCUT2D eigenvalue weighted by Gasteiger charge is -2.09. The number of amides is 2. The predicted molar refractivity (Wildman–Crippen MR) is 100 cm³/mol. The molecule has 0 fully saturated rings. The highest BCUT2D eigenvalue weighted by molar-refractivity contribution is 6.05. The standard InChI is InChI=1S/C20H22N2O4/c1-13(2)11-18(23)21-16-7-9-17(10-8-16)22-19(24)14-5-4-6-15(12-14)20(25)26-3/h4-10,12-13H,11H2,1-3H3,(H,21,23)(H,22,24). The molecule has 2 N–H and O–H groups in total. The molecule has 136 valence electrons. The minimum Gasteiger partial charge on any atom is -0.465 e. The van der Waals surface area contributed by atoms with Crippen LogP contribution in [0, 0.1) is 5.92 Å². The summed E-state index contributed by atoms with van der Waals surface area (Å²) in [6.07, 6.45) is 0.453. The van der Waals surface area contributed by atoms with Crippen molar-refractivity contribution in [2.45, 2.75) is 20.3 Å². The molecule has 0 aliphatic carbocycles. The molecule has 0 atom stereocenters. The maximum atomic E-state index is 12.3. The van der Waals surface area contributed by atoms with Gasteiger partial charge in [-0.25, -0.2) is 4.79 Å². The molecule has 0 saturated carbocycles. The van der Waals surface area contributed by atoms with Gasteiger partial charge >= 0.3 is 5.97 Å². The third-order valence-corrected chi connectivity index (χ3v) is 3.57. The molecule has 0 heterocycles. The van der Waals surface area contributed by atoms with Gasteiger partial charge in [0, 0.05) is 23.4 Å². The number of benzene rings is 2. The molecule has 0 saturated heterocycles. The summed E-state index contributed by atoms with van der Waals surface area (Å²) in [5, 5.41) is 5.56. The fourth-order valence-corrected chi connectivity index (χ4v) is 2.33. The summed E-state index contributed by atoms with van der Waals surface area (Å²) < 4.78 is 4.65. The fraction of sp³-hybridized carbons (Fsp3) is 0.250. The molecule has 0 unspecified atom stereocenters. The summed E-state index contributed by atoms with van der Waals surface area (Å²) in [4.78, 5) is 35.6. The summed E-state index contributed by atoms with van der Waals surface area (Å²) in [6.45, 7) is 3.96. The van der Waals surface area contributed by atoms with E-state index in [1.165, 1.54) is 13.2 Å². The molecule has 0 spiro atoms. The quantitative estimate of drug-likeness (QED) is 0.775. The van der Waals surface area contributed by atoms with Gasteiger partial charge in [-0.1, -0.05) is 19.9 Å². The third kappa shape index (κ3) is 5.44. The van der Waals surface area contributed by atoms with E-state index in [-0.39, 0.29) is 17.7 Å². The van der Waals surface area contributed by atoms with Gasteiger partial charge in [-0.2, -0.15) is 0 Å². The lowest BCUT2D eigenvalue weighted by molar-refractivity contribution is -0.116. The van der Waals surface area contributed by atoms with Crippen LogP contribution in [0.1, 0.15) is 41.0 Å². The molecule has 6 nitrogen and oxygen atoms in total. The second kappa shape index (κ2) is 8.80. The third-order valence-electron chi connectivity index (χ3n) is 3.57. The number of esters is 1. The maximum absolute atomic E-state index is 12.3. The van der Waals surface area contributed by atoms with Crippen molar-refractivity contribution in [3.8, 4) is 0 Å². The topological polar surface area (TPSA) is 84.5 Å². The van der Waals surface area contributed by atoms with Gasteiger partial charge in [0.1, 0.15) is 0 Å². The Morgan fingerprint density at radius 2 is 1.50 bits per heavy atom. The van der Waals surface area contributed by atoms with Crippen molar-refractivity contribution in [2.24, 2.45) is 5.92 Å². The van der Waals surface area contributed by atoms with E-state index < -0.39 is 5.97 Å². The second-order valence-corrected chi connectivity index (χ2v) is 6.25. The van der Waals surface area contributed by atoms with Gasteiger partial charge in [-0.05, 0) is 48.4 Å². The number of rotatable bonds is 6. The number of hydrogen-bond acceptors (Lipinski definition) is 4. The normalized spacial score (nSPS) is 10.3. The number of methoxy groups -OCH3 is 1. The highest BCUT2D eigenvalue weighted by Crippen LogP contribution is 2.16. The van der Waals surface area contributed by atoms with E-state index in [1.807, 2.05) is 13.8 Å². The van der Waals surface area contributed by atoms with Crippen LogP contribution >= 0.6 is 0 Å². The molecule has 0 aromatic heterocycles. The molecule has 26 heavy (non-hydrogen) atoms. The number of hydrogen-bond donors (Lipinski definition) is 2. The predicted octanol–water partition coefficient (Wildman–Crippen LogP) is 3.71. The number of carbonyl (C=O) groups is 3. The van der Waals surface area contributed by atoms with Crippen LogP contribution in [0.5, 0.6) is 0 Å². The molecule has 0 aliphatic heterocycles. The molecule has 2 amide bonds. The summed E-state index contributed by atoms with van der Waals surface area (Å²) in [7, 11) is 1.29. The minimum atomic E-state index is -0.499. The molecule has 2 rings (SSSR count). The van der Waals surface area contributed by atoms with E-state index >= 15 is 0 Å². The Labute approximate surface area is 152 Å². The fourth-order valence-electron chi connectivity index (χ4n) is 2.33. The van der Waals surface area contributed by atoms with E-state index in [2.05, 4.69) is 15.4 Å². The molecule has 6 heteroatoms. The van der Waals surface area contributed by atoms with E-state index in [0.717, 1.165) is 0 Å². The van der Waals surface area contributed by atoms with Crippen molar-refractivity contribution in [2.75, 3.05) is 17.7 Å². The maximum Gasteiger partial charge on any atom is 0.337 e. The Kier molecular flexibility index (Phi) is 6.49. The molecule has 2 aromatic carbocycles. The smallest absolute Gasteiger partial charge is 0.337 e. The molecular weight excluding hydrogens is 332 g/mol. The lowest BCUT2D eigenvalue weighted by atomic mass is 10.1. The van der Waals surface area contributed by atoms with Crippen molar-refractivity contribution in [3.63, 3.8) is 0 Å². The van der Waals surface area contributed by atoms with Gasteiger partial charge in [0.15, 0.2) is 0 Å². The van der Waals surface area contributed by atoms with E-state index in [4.69, 9.17) is 0 Å². The van der Waals surface area contributed by atoms with Gasteiger partial charge in [0.25, 0.3) is 5.91 Å². The first-order valence-electron chi connectivity index (χ1n) is 8.28. The van der Waals surface area contributed by atoms with Gasteiger partial charge in [0.2, 0.25) is 5.91 Å². The van der Waals surface area contributed by atoms with Crippen molar-refractivity contribution in [3.05, 3.63) is 59.7 Å². The molecule has 2 aromatic rings. The average Bonchev–Trinajstić information content (AvgIpc) is 2.62. The van der Waals surface area contributed by atoms with Crippen LogP contribution in [0.15, 0.2) is 48.5 Å². The largest absolute Gasteiger partial charge is 0.465 e. The lowest BCUT2D eigenvalue weighted by Crippen LogP contribution is -2.14. The van der Waals surface area contributed by atoms with Crippen molar-refractivity contribution in [1.82, 2.24) is 0 Å². The number of anilines is 2. The molecular formula is C20H22N2O4. The number of ether oxygens (including phenoxy) is 1. The molecule has 0 bridgehead atoms. The van der Waals surface area contributed by atoms with Crippen molar-refractivity contribution < 1.29 is 19.1 Å². The van der Waals surface area contributed by atoms with Crippen LogP contribution in [0.25, 0.3) is 0 Å². The van der Waals surface area contributed by atoms with Gasteiger partial charge in [-0.3, -0.25) is 9.59 Å². The summed E-state index contributed by atoms with van der Waals surface area (Å²) in [6, 6.07) is 13.1. The highest BCUT2D eigenvalue weighted by atomic mass is 16.5. The van der Waals surface area contributed by atoms with Crippen LogP contribution in [0.4, 0.5) is 11.4 Å². The van der Waals surface area contributed by atoms with Gasteiger partial charge < -0.3 is 15.4 Å². The van der Waals surface area contributed by atoms with E-state index in [0.29, 0.717) is 28.9 Å². The van der Waals surface area contributed by atoms with Gasteiger partial charge in [0.05, 0.1) is 12.7 Å². The Morgan fingerprint density at radius 3 is 2.08 bits per heavy atom. The Balaban J connectivity index is 2.01. The summed E-state index contributed by atoms with van der Waals surface area (Å²) in [5.74, 6) is -0.598. The zero-order valence-corrected chi connectivity index (χ0v) is 15.0. The Morgan fingerprint density at radius 1 is 0.923 bits per heavy atom. The van der Waals surface area contributed by atoms with Crippen LogP contribution in [-0.2, 0) is 9.53 Å². The number of carbonyl (C=O) groups excluding carboxylic acids is 3.